The molecule has 2 aromatic carbocycles. The molecule has 51 heavy (non-hydrogen) atoms. The number of nitrogens with one attached hydrogen (secondary N) is 1. The van der Waals surface area contributed by atoms with Gasteiger partial charge in [0, 0.05) is 66.9 Å². The first-order chi connectivity index (χ1) is 24.5. The summed E-state index contributed by atoms with van der Waals surface area (Å²) < 4.78 is 35.0. The summed E-state index contributed by atoms with van der Waals surface area (Å²) in [6, 6.07) is 10.4. The summed E-state index contributed by atoms with van der Waals surface area (Å²) in [7, 11) is 1.88. The zero-order chi connectivity index (χ0) is 35.5. The molecule has 12 nitrogen and oxygen atoms in total. The van der Waals surface area contributed by atoms with E-state index in [1.54, 1.807) is 25.5 Å². The number of hydrogen-bond acceptors (Lipinski definition) is 11. The van der Waals surface area contributed by atoms with Gasteiger partial charge in [0.1, 0.15) is 40.8 Å². The van der Waals surface area contributed by atoms with Crippen LogP contribution in [0, 0.1) is 11.3 Å². The molecule has 3 aromatic heterocycles. The molecule has 0 radical (unpaired) electrons. The quantitative estimate of drug-likeness (QED) is 0.201. The molecule has 1 N–H and O–H groups in total. The zero-order valence-corrected chi connectivity index (χ0v) is 30.1. The Bertz CT molecular complexity index is 2200. The van der Waals surface area contributed by atoms with E-state index in [0.29, 0.717) is 60.8 Å². The molecular formula is C37H41FN8O4S. The van der Waals surface area contributed by atoms with Crippen molar-refractivity contribution in [3.63, 3.8) is 0 Å². The molecule has 14 heteroatoms. The number of nitrogens with zero attached hydrogens (tertiary/aromatic N) is 7. The van der Waals surface area contributed by atoms with Crippen molar-refractivity contribution in [2.75, 3.05) is 56.2 Å². The number of alkyl halides is 1. The predicted octanol–water partition coefficient (Wildman–Crippen LogP) is 6.80. The number of anilines is 2. The maximum atomic E-state index is 14.6. The number of aromatic nitrogens is 4. The van der Waals surface area contributed by atoms with Gasteiger partial charge in [0.25, 0.3) is 0 Å². The van der Waals surface area contributed by atoms with Crippen molar-refractivity contribution in [3.05, 3.63) is 36.0 Å². The monoisotopic (exact) mass is 712 g/mol. The molecule has 0 spiro atoms. The number of fused-ring (bicyclic) bond motifs is 5. The van der Waals surface area contributed by atoms with E-state index < -0.39 is 17.9 Å². The number of nitriles is 1. The van der Waals surface area contributed by atoms with Gasteiger partial charge in [0.2, 0.25) is 0 Å². The normalized spacial score (nSPS) is 21.3. The van der Waals surface area contributed by atoms with Gasteiger partial charge < -0.3 is 19.1 Å². The highest BCUT2D eigenvalue weighted by molar-refractivity contribution is 7.23. The standard InChI is InChI=1S/C37H41FN8O4S/c1-36(2,3)50-35(47)42-33-25(18-39)29-23(8-5-9-28(29)51-33)24-16-27-30(26-20-44(4)43-31(24)26)32(45-11-7-14-48-15-13-45)41-34(40-27)49-21-37-10-6-12-46(37)19-22(38)17-37/h5,8-9,16,20,22H,6-7,10-15,17,19,21H2,1-4H3,(H,42,47)/t22-,37+/m1/s1. The van der Waals surface area contributed by atoms with E-state index in [1.807, 2.05) is 37.5 Å². The maximum Gasteiger partial charge on any atom is 0.412 e. The summed E-state index contributed by atoms with van der Waals surface area (Å²) in [5.41, 5.74) is 2.29. The van der Waals surface area contributed by atoms with Crippen molar-refractivity contribution in [3.8, 4) is 23.2 Å². The van der Waals surface area contributed by atoms with E-state index in [0.717, 1.165) is 70.3 Å². The van der Waals surface area contributed by atoms with Crippen LogP contribution in [-0.2, 0) is 16.5 Å². The fourth-order valence-electron chi connectivity index (χ4n) is 7.95. The van der Waals surface area contributed by atoms with Crippen molar-refractivity contribution in [2.45, 2.75) is 63.8 Å². The molecule has 2 atom stereocenters. The van der Waals surface area contributed by atoms with Crippen molar-refractivity contribution in [1.29, 1.82) is 5.26 Å². The third kappa shape index (κ3) is 6.21. The van der Waals surface area contributed by atoms with Gasteiger partial charge in [-0.15, -0.1) is 11.3 Å². The van der Waals surface area contributed by atoms with Gasteiger partial charge in [0.15, 0.2) is 0 Å². The Hall–Kier alpha value is -4.58. The van der Waals surface area contributed by atoms with Crippen LogP contribution in [0.4, 0.5) is 20.0 Å². The van der Waals surface area contributed by atoms with Gasteiger partial charge in [-0.2, -0.15) is 20.3 Å². The number of hydrogen-bond donors (Lipinski definition) is 1. The van der Waals surface area contributed by atoms with E-state index in [1.165, 1.54) is 11.3 Å². The van der Waals surface area contributed by atoms with E-state index in [9.17, 15) is 14.4 Å². The lowest BCUT2D eigenvalue weighted by atomic mass is 9.95. The van der Waals surface area contributed by atoms with Gasteiger partial charge in [-0.3, -0.25) is 14.9 Å². The summed E-state index contributed by atoms with van der Waals surface area (Å²) in [5.74, 6) is 0.746. The van der Waals surface area contributed by atoms with Gasteiger partial charge >= 0.3 is 12.1 Å². The molecule has 8 rings (SSSR count). The summed E-state index contributed by atoms with van der Waals surface area (Å²) in [5, 5.41) is 21.0. The summed E-state index contributed by atoms with van der Waals surface area (Å²) in [4.78, 5) is 27.3. The predicted molar refractivity (Wildman–Crippen MR) is 195 cm³/mol. The van der Waals surface area contributed by atoms with Crippen LogP contribution in [0.25, 0.3) is 43.0 Å². The lowest BCUT2D eigenvalue weighted by molar-refractivity contribution is 0.0636. The zero-order valence-electron chi connectivity index (χ0n) is 29.3. The molecule has 3 fully saturated rings. The summed E-state index contributed by atoms with van der Waals surface area (Å²) >= 11 is 1.32. The Kier molecular flexibility index (Phi) is 8.47. The molecule has 0 unspecified atom stereocenters. The van der Waals surface area contributed by atoms with Gasteiger partial charge in [-0.1, -0.05) is 12.1 Å². The molecule has 266 valence electrons. The van der Waals surface area contributed by atoms with Crippen LogP contribution in [0.1, 0.15) is 52.0 Å². The van der Waals surface area contributed by atoms with Crippen LogP contribution in [0.2, 0.25) is 0 Å². The second-order valence-electron chi connectivity index (χ2n) is 14.8. The molecule has 6 heterocycles. The van der Waals surface area contributed by atoms with Gasteiger partial charge in [0.05, 0.1) is 28.6 Å². The summed E-state index contributed by atoms with van der Waals surface area (Å²) in [6.07, 6.45) is 3.70. The first-order valence-corrected chi connectivity index (χ1v) is 18.3. The van der Waals surface area contributed by atoms with Crippen LogP contribution in [0.5, 0.6) is 6.01 Å². The fraction of sp³-hybridized carbons (Fsp3) is 0.486. The molecule has 3 aliphatic rings. The summed E-state index contributed by atoms with van der Waals surface area (Å²) in [6.45, 7) is 9.67. The lowest BCUT2D eigenvalue weighted by Crippen LogP contribution is -2.43. The maximum absolute atomic E-state index is 14.6. The van der Waals surface area contributed by atoms with E-state index in [4.69, 9.17) is 29.3 Å². The molecule has 3 saturated heterocycles. The SMILES string of the molecule is Cn1cc2c(n1)c(-c1cccc3sc(NC(=O)OC(C)(C)C)c(C#N)c13)cc1nc(OC[C@@]34CCCN3C[C@H](F)C4)nc(N3CCCOCC3)c12. The molecule has 5 aromatic rings. The first-order valence-electron chi connectivity index (χ1n) is 17.5. The van der Waals surface area contributed by atoms with Gasteiger partial charge in [-0.05, 0) is 64.3 Å². The molecular weight excluding hydrogens is 672 g/mol. The largest absolute Gasteiger partial charge is 0.461 e. The Balaban J connectivity index is 1.29. The molecule has 3 aliphatic heterocycles. The number of amides is 1. The first kappa shape index (κ1) is 33.6. The minimum Gasteiger partial charge on any atom is -0.461 e. The Morgan fingerprint density at radius 2 is 2.04 bits per heavy atom. The number of carbonyl (C=O) groups is 1. The second-order valence-corrected chi connectivity index (χ2v) is 15.8. The molecule has 1 amide bonds. The van der Waals surface area contributed by atoms with Crippen molar-refractivity contribution < 1.29 is 23.4 Å². The van der Waals surface area contributed by atoms with Crippen molar-refractivity contribution in [2.24, 2.45) is 7.05 Å². The molecule has 0 bridgehead atoms. The third-order valence-corrected chi connectivity index (χ3v) is 11.1. The molecule has 0 saturated carbocycles. The van der Waals surface area contributed by atoms with Gasteiger partial charge in [-0.25, -0.2) is 9.18 Å². The number of ether oxygens (including phenoxy) is 3. The Morgan fingerprint density at radius 3 is 2.86 bits per heavy atom. The highest BCUT2D eigenvalue weighted by Crippen LogP contribution is 2.45. The topological polar surface area (TPSA) is 131 Å². The van der Waals surface area contributed by atoms with Crippen LogP contribution < -0.4 is 15.0 Å². The highest BCUT2D eigenvalue weighted by Gasteiger charge is 2.49. The van der Waals surface area contributed by atoms with E-state index in [-0.39, 0.29) is 11.5 Å². The van der Waals surface area contributed by atoms with Crippen LogP contribution >= 0.6 is 11.3 Å². The minimum atomic E-state index is -0.863. The van der Waals surface area contributed by atoms with Crippen LogP contribution in [-0.4, -0.2) is 94.1 Å². The second kappa shape index (κ2) is 12.9. The number of benzene rings is 2. The lowest BCUT2D eigenvalue weighted by Gasteiger charge is -2.31. The number of carbonyl (C=O) groups excluding carboxylic acids is 1. The van der Waals surface area contributed by atoms with Crippen LogP contribution in [0.3, 0.4) is 0 Å². The fourth-order valence-corrected chi connectivity index (χ4v) is 9.02. The van der Waals surface area contributed by atoms with E-state index >= 15 is 0 Å². The Labute approximate surface area is 299 Å². The smallest absolute Gasteiger partial charge is 0.412 e. The van der Waals surface area contributed by atoms with Crippen molar-refractivity contribution >= 4 is 60.1 Å². The number of thiophene rings is 1. The Morgan fingerprint density at radius 1 is 1.18 bits per heavy atom. The van der Waals surface area contributed by atoms with Crippen LogP contribution in [0.15, 0.2) is 30.5 Å². The average molecular weight is 713 g/mol. The number of aryl methyl sites for hydroxylation is 1. The average Bonchev–Trinajstić information content (AvgIpc) is 3.76. The third-order valence-electron chi connectivity index (χ3n) is 10.0. The highest BCUT2D eigenvalue weighted by atomic mass is 32.1. The van der Waals surface area contributed by atoms with Crippen molar-refractivity contribution in [1.82, 2.24) is 24.6 Å². The molecule has 0 aliphatic carbocycles. The number of halogens is 1. The van der Waals surface area contributed by atoms with E-state index in [2.05, 4.69) is 21.2 Å². The minimum absolute atomic E-state index is 0.246. The number of rotatable bonds is 6.